The van der Waals surface area contributed by atoms with Crippen LogP contribution < -0.4 is 4.90 Å². The predicted octanol–water partition coefficient (Wildman–Crippen LogP) is 2.15. The first-order valence-electron chi connectivity index (χ1n) is 6.86. The number of imidazole rings is 1. The van der Waals surface area contributed by atoms with Crippen molar-refractivity contribution >= 4 is 17.0 Å². The Morgan fingerprint density at radius 2 is 1.83 bits per heavy atom. The molecular weight excluding hydrogens is 226 g/mol. The summed E-state index contributed by atoms with van der Waals surface area (Å²) in [6.07, 6.45) is 10.2. The lowest BCUT2D eigenvalue weighted by Crippen LogP contribution is -2.12. The van der Waals surface area contributed by atoms with E-state index in [-0.39, 0.29) is 0 Å². The van der Waals surface area contributed by atoms with Crippen molar-refractivity contribution in [1.82, 2.24) is 19.5 Å². The number of nitrogens with zero attached hydrogens (tertiary/aromatic N) is 5. The third-order valence-electron chi connectivity index (χ3n) is 4.05. The van der Waals surface area contributed by atoms with Crippen molar-refractivity contribution in [3.63, 3.8) is 0 Å². The summed E-state index contributed by atoms with van der Waals surface area (Å²) in [5, 5.41) is 0. The van der Waals surface area contributed by atoms with Gasteiger partial charge in [-0.1, -0.05) is 19.3 Å². The fourth-order valence-electron chi connectivity index (χ4n) is 2.96. The van der Waals surface area contributed by atoms with E-state index in [0.29, 0.717) is 6.04 Å². The summed E-state index contributed by atoms with van der Waals surface area (Å²) in [4.78, 5) is 15.6. The lowest BCUT2D eigenvalue weighted by Gasteiger charge is -2.23. The molecule has 2 fully saturated rings. The Balaban J connectivity index is 1.79. The van der Waals surface area contributed by atoms with Crippen molar-refractivity contribution in [2.75, 3.05) is 18.0 Å². The summed E-state index contributed by atoms with van der Waals surface area (Å²) in [6, 6.07) is 0.584. The van der Waals surface area contributed by atoms with E-state index < -0.39 is 0 Å². The van der Waals surface area contributed by atoms with Gasteiger partial charge in [-0.25, -0.2) is 15.0 Å². The van der Waals surface area contributed by atoms with Crippen molar-refractivity contribution in [3.05, 3.63) is 12.7 Å². The summed E-state index contributed by atoms with van der Waals surface area (Å²) in [5.41, 5.74) is 1.99. The number of fused-ring (bicyclic) bond motifs is 1. The number of rotatable bonds is 2. The third-order valence-corrected chi connectivity index (χ3v) is 4.05. The van der Waals surface area contributed by atoms with E-state index in [1.807, 2.05) is 6.33 Å². The van der Waals surface area contributed by atoms with Crippen molar-refractivity contribution in [2.24, 2.45) is 0 Å². The molecule has 0 radical (unpaired) electrons. The smallest absolute Gasteiger partial charge is 0.165 e. The minimum atomic E-state index is 0.584. The molecule has 1 saturated carbocycles. The van der Waals surface area contributed by atoms with Crippen LogP contribution in [0, 0.1) is 0 Å². The molecule has 18 heavy (non-hydrogen) atoms. The molecule has 0 amide bonds. The Kier molecular flexibility index (Phi) is 2.25. The van der Waals surface area contributed by atoms with E-state index in [0.717, 1.165) is 30.1 Å². The van der Waals surface area contributed by atoms with E-state index >= 15 is 0 Å². The average Bonchev–Trinajstić information content (AvgIpc) is 3.18. The zero-order valence-electron chi connectivity index (χ0n) is 10.4. The summed E-state index contributed by atoms with van der Waals surface area (Å²) >= 11 is 0. The van der Waals surface area contributed by atoms with Crippen molar-refractivity contribution in [3.8, 4) is 0 Å². The fourth-order valence-corrected chi connectivity index (χ4v) is 2.96. The zero-order chi connectivity index (χ0) is 11.9. The maximum absolute atomic E-state index is 4.55. The molecule has 2 aliphatic rings. The first-order chi connectivity index (χ1) is 8.93. The van der Waals surface area contributed by atoms with Crippen molar-refractivity contribution < 1.29 is 0 Å². The van der Waals surface area contributed by atoms with Crippen LogP contribution in [0.25, 0.3) is 11.2 Å². The van der Waals surface area contributed by atoms with E-state index in [2.05, 4.69) is 24.4 Å². The Morgan fingerprint density at radius 3 is 2.61 bits per heavy atom. The van der Waals surface area contributed by atoms with Crippen LogP contribution in [-0.4, -0.2) is 32.6 Å². The average molecular weight is 243 g/mol. The molecule has 0 atom stereocenters. The molecule has 1 aliphatic carbocycles. The maximum Gasteiger partial charge on any atom is 0.165 e. The van der Waals surface area contributed by atoms with E-state index in [4.69, 9.17) is 0 Å². The van der Waals surface area contributed by atoms with Gasteiger partial charge < -0.3 is 9.47 Å². The topological polar surface area (TPSA) is 46.6 Å². The van der Waals surface area contributed by atoms with Crippen LogP contribution in [0.15, 0.2) is 12.7 Å². The number of hydrogen-bond acceptors (Lipinski definition) is 4. The van der Waals surface area contributed by atoms with Crippen LogP contribution in [0.3, 0.4) is 0 Å². The van der Waals surface area contributed by atoms with Gasteiger partial charge in [0.05, 0.1) is 6.33 Å². The molecule has 94 valence electrons. The number of hydrogen-bond donors (Lipinski definition) is 0. The lowest BCUT2D eigenvalue weighted by molar-refractivity contribution is 0.358. The van der Waals surface area contributed by atoms with Gasteiger partial charge in [0.25, 0.3) is 0 Å². The van der Waals surface area contributed by atoms with Gasteiger partial charge in [-0.3, -0.25) is 0 Å². The van der Waals surface area contributed by atoms with Gasteiger partial charge in [0.15, 0.2) is 17.0 Å². The van der Waals surface area contributed by atoms with Crippen LogP contribution in [0.4, 0.5) is 5.82 Å². The highest BCUT2D eigenvalue weighted by atomic mass is 15.3. The lowest BCUT2D eigenvalue weighted by atomic mass is 9.95. The fraction of sp³-hybridized carbons (Fsp3) is 0.615. The van der Waals surface area contributed by atoms with Crippen LogP contribution >= 0.6 is 0 Å². The summed E-state index contributed by atoms with van der Waals surface area (Å²) in [7, 11) is 0. The first-order valence-corrected chi connectivity index (χ1v) is 6.86. The van der Waals surface area contributed by atoms with Gasteiger partial charge in [-0.2, -0.15) is 0 Å². The van der Waals surface area contributed by atoms with Gasteiger partial charge in [0.1, 0.15) is 6.33 Å². The molecule has 0 N–H and O–H groups in total. The Morgan fingerprint density at radius 1 is 1.00 bits per heavy atom. The molecule has 5 heteroatoms. The predicted molar refractivity (Wildman–Crippen MR) is 69.7 cm³/mol. The van der Waals surface area contributed by atoms with Crippen molar-refractivity contribution in [1.29, 1.82) is 0 Å². The Hall–Kier alpha value is -1.65. The summed E-state index contributed by atoms with van der Waals surface area (Å²) in [5.74, 6) is 1.01. The maximum atomic E-state index is 4.55. The summed E-state index contributed by atoms with van der Waals surface area (Å²) in [6.45, 7) is 2.20. The largest absolute Gasteiger partial charge is 0.351 e. The molecule has 4 rings (SSSR count). The second-order valence-corrected chi connectivity index (χ2v) is 5.30. The quantitative estimate of drug-likeness (QED) is 0.758. The molecule has 0 aromatic carbocycles. The highest BCUT2D eigenvalue weighted by Gasteiger charge is 2.25. The molecule has 5 nitrogen and oxygen atoms in total. The molecule has 3 heterocycles. The van der Waals surface area contributed by atoms with Crippen LogP contribution in [0.1, 0.15) is 38.1 Å². The Bertz CT molecular complexity index is 566. The molecular formula is C13H17N5. The summed E-state index contributed by atoms with van der Waals surface area (Å²) < 4.78 is 2.27. The van der Waals surface area contributed by atoms with Gasteiger partial charge in [0.2, 0.25) is 0 Å². The molecule has 1 saturated heterocycles. The van der Waals surface area contributed by atoms with Gasteiger partial charge in [-0.05, 0) is 12.8 Å². The highest BCUT2D eigenvalue weighted by molar-refractivity contribution is 5.84. The minimum Gasteiger partial charge on any atom is -0.351 e. The van der Waals surface area contributed by atoms with Crippen LogP contribution in [0.2, 0.25) is 0 Å². The van der Waals surface area contributed by atoms with E-state index in [1.54, 1.807) is 6.33 Å². The third kappa shape index (κ3) is 1.57. The van der Waals surface area contributed by atoms with E-state index in [1.165, 1.54) is 32.1 Å². The number of aromatic nitrogens is 4. The van der Waals surface area contributed by atoms with Gasteiger partial charge >= 0.3 is 0 Å². The SMILES string of the molecule is c1nc(N2CC2)c2ncn(C3CCCCC3)c2n1. The molecule has 0 bridgehead atoms. The first kappa shape index (κ1) is 10.3. The standard InChI is InChI=1S/C13H17N5/c1-2-4-10(5-3-1)18-9-16-11-12(17-6-7-17)14-8-15-13(11)18/h8-10H,1-7H2. The monoisotopic (exact) mass is 243 g/mol. The second kappa shape index (κ2) is 3.93. The normalized spacial score (nSPS) is 20.6. The molecule has 0 spiro atoms. The van der Waals surface area contributed by atoms with Crippen LogP contribution in [0.5, 0.6) is 0 Å². The van der Waals surface area contributed by atoms with E-state index in [9.17, 15) is 0 Å². The molecule has 1 aliphatic heterocycles. The molecule has 0 unspecified atom stereocenters. The number of anilines is 1. The van der Waals surface area contributed by atoms with Gasteiger partial charge in [-0.15, -0.1) is 0 Å². The zero-order valence-corrected chi connectivity index (χ0v) is 10.4. The van der Waals surface area contributed by atoms with Crippen molar-refractivity contribution in [2.45, 2.75) is 38.1 Å². The Labute approximate surface area is 106 Å². The molecule has 2 aromatic heterocycles. The highest BCUT2D eigenvalue weighted by Crippen LogP contribution is 2.32. The minimum absolute atomic E-state index is 0.584. The van der Waals surface area contributed by atoms with Gasteiger partial charge in [0, 0.05) is 19.1 Å². The molecule has 2 aromatic rings. The van der Waals surface area contributed by atoms with Crippen LogP contribution in [-0.2, 0) is 0 Å². The second-order valence-electron chi connectivity index (χ2n) is 5.30.